The summed E-state index contributed by atoms with van der Waals surface area (Å²) in [5.41, 5.74) is 1.25. The molecule has 0 spiro atoms. The Bertz CT molecular complexity index is 606. The summed E-state index contributed by atoms with van der Waals surface area (Å²) in [5, 5.41) is 9.14. The monoisotopic (exact) mass is 324 g/mol. The molecule has 21 heavy (non-hydrogen) atoms. The Morgan fingerprint density at radius 3 is 2.67 bits per heavy atom. The molecule has 1 aliphatic rings. The van der Waals surface area contributed by atoms with Crippen LogP contribution in [0.25, 0.3) is 0 Å². The minimum atomic E-state index is -3.34. The van der Waals surface area contributed by atoms with Gasteiger partial charge in [0.1, 0.15) is 0 Å². The Kier molecular flexibility index (Phi) is 5.68. The smallest absolute Gasteiger partial charge is 0.212 e. The number of nitrogens with one attached hydrogen (secondary N) is 1. The molecule has 1 saturated carbocycles. The molecule has 1 N–H and O–H groups in total. The van der Waals surface area contributed by atoms with Gasteiger partial charge in [-0.1, -0.05) is 25.5 Å². The summed E-state index contributed by atoms with van der Waals surface area (Å²) in [6, 6.07) is 8.78. The molecular weight excluding hydrogens is 304 g/mol. The summed E-state index contributed by atoms with van der Waals surface area (Å²) in [4.78, 5) is 0. The number of sulfonamides is 1. The van der Waals surface area contributed by atoms with Crippen molar-refractivity contribution in [2.75, 3.05) is 5.75 Å². The third kappa shape index (κ3) is 4.73. The fourth-order valence-electron chi connectivity index (χ4n) is 2.64. The van der Waals surface area contributed by atoms with Crippen molar-refractivity contribution in [2.45, 2.75) is 43.2 Å². The average Bonchev–Trinajstić information content (AvgIpc) is 2.86. The van der Waals surface area contributed by atoms with Crippen molar-refractivity contribution >= 4 is 21.8 Å². The molecule has 0 bridgehead atoms. The first-order valence-electron chi connectivity index (χ1n) is 7.14. The van der Waals surface area contributed by atoms with Crippen molar-refractivity contribution in [3.8, 4) is 6.07 Å². The molecule has 0 saturated heterocycles. The Hall–Kier alpha value is -1.03. The minimum absolute atomic E-state index is 0.0290. The predicted molar refractivity (Wildman–Crippen MR) is 86.5 cm³/mol. The van der Waals surface area contributed by atoms with Crippen molar-refractivity contribution in [2.24, 2.45) is 0 Å². The molecule has 0 radical (unpaired) electrons. The van der Waals surface area contributed by atoms with Gasteiger partial charge in [0.05, 0.1) is 17.4 Å². The van der Waals surface area contributed by atoms with E-state index in [1.54, 1.807) is 24.3 Å². The van der Waals surface area contributed by atoms with Crippen LogP contribution in [-0.2, 0) is 15.8 Å². The van der Waals surface area contributed by atoms with Crippen molar-refractivity contribution in [1.29, 1.82) is 5.26 Å². The Labute approximate surface area is 131 Å². The highest BCUT2D eigenvalue weighted by Crippen LogP contribution is 2.30. The summed E-state index contributed by atoms with van der Waals surface area (Å²) < 4.78 is 27.4. The maximum absolute atomic E-state index is 12.3. The van der Waals surface area contributed by atoms with E-state index in [0.717, 1.165) is 25.0 Å². The standard InChI is InChI=1S/C15H20N2O2S2/c1-2-20-15-5-3-4-14(15)17-21(18,19)11-13-8-6-12(10-16)7-9-13/h6-9,14-15,17H,2-5,11H2,1H3. The molecule has 1 fully saturated rings. The lowest BCUT2D eigenvalue weighted by Gasteiger charge is -2.20. The highest BCUT2D eigenvalue weighted by atomic mass is 32.2. The van der Waals surface area contributed by atoms with Crippen LogP contribution in [0.5, 0.6) is 0 Å². The van der Waals surface area contributed by atoms with E-state index >= 15 is 0 Å². The fraction of sp³-hybridized carbons (Fsp3) is 0.533. The molecule has 1 aromatic carbocycles. The molecule has 114 valence electrons. The highest BCUT2D eigenvalue weighted by Gasteiger charge is 2.30. The van der Waals surface area contributed by atoms with Crippen molar-refractivity contribution in [1.82, 2.24) is 4.72 Å². The maximum atomic E-state index is 12.3. The van der Waals surface area contributed by atoms with Crippen LogP contribution in [0.15, 0.2) is 24.3 Å². The first kappa shape index (κ1) is 16.3. The lowest BCUT2D eigenvalue weighted by atomic mass is 10.2. The first-order chi connectivity index (χ1) is 10.0. The topological polar surface area (TPSA) is 70.0 Å². The number of hydrogen-bond donors (Lipinski definition) is 1. The van der Waals surface area contributed by atoms with Crippen LogP contribution in [0.3, 0.4) is 0 Å². The van der Waals surface area contributed by atoms with Gasteiger partial charge < -0.3 is 0 Å². The average molecular weight is 324 g/mol. The number of hydrogen-bond acceptors (Lipinski definition) is 4. The summed E-state index contributed by atoms with van der Waals surface area (Å²) >= 11 is 1.84. The van der Waals surface area contributed by atoms with E-state index in [4.69, 9.17) is 5.26 Å². The molecule has 0 aliphatic heterocycles. The second-order valence-corrected chi connectivity index (χ2v) is 8.49. The third-order valence-corrected chi connectivity index (χ3v) is 6.30. The fourth-order valence-corrected chi connectivity index (χ4v) is 5.38. The van der Waals surface area contributed by atoms with Crippen LogP contribution in [-0.4, -0.2) is 25.5 Å². The molecule has 0 aromatic heterocycles. The number of nitriles is 1. The van der Waals surface area contributed by atoms with E-state index in [1.807, 2.05) is 17.8 Å². The van der Waals surface area contributed by atoms with Crippen LogP contribution in [0.1, 0.15) is 37.3 Å². The van der Waals surface area contributed by atoms with E-state index in [-0.39, 0.29) is 11.8 Å². The number of benzene rings is 1. The van der Waals surface area contributed by atoms with Gasteiger partial charge in [0.2, 0.25) is 10.0 Å². The van der Waals surface area contributed by atoms with Crippen LogP contribution in [0.4, 0.5) is 0 Å². The molecule has 6 heteroatoms. The predicted octanol–water partition coefficient (Wildman–Crippen LogP) is 2.65. The van der Waals surface area contributed by atoms with Gasteiger partial charge in [0.15, 0.2) is 0 Å². The zero-order valence-electron chi connectivity index (χ0n) is 12.1. The lowest BCUT2D eigenvalue weighted by Crippen LogP contribution is -2.39. The number of rotatable bonds is 6. The van der Waals surface area contributed by atoms with Gasteiger partial charge in [-0.15, -0.1) is 0 Å². The van der Waals surface area contributed by atoms with Gasteiger partial charge in [-0.3, -0.25) is 0 Å². The zero-order valence-corrected chi connectivity index (χ0v) is 13.7. The van der Waals surface area contributed by atoms with Gasteiger partial charge in [-0.2, -0.15) is 17.0 Å². The van der Waals surface area contributed by atoms with Crippen LogP contribution >= 0.6 is 11.8 Å². The van der Waals surface area contributed by atoms with Gasteiger partial charge in [0, 0.05) is 11.3 Å². The second kappa shape index (κ2) is 7.30. The summed E-state index contributed by atoms with van der Waals surface area (Å²) in [6.45, 7) is 2.10. The largest absolute Gasteiger partial charge is 0.216 e. The molecule has 2 atom stereocenters. The van der Waals surface area contributed by atoms with Gasteiger partial charge in [-0.05, 0) is 36.3 Å². The van der Waals surface area contributed by atoms with Crippen molar-refractivity contribution in [3.05, 3.63) is 35.4 Å². The zero-order chi connectivity index (χ0) is 15.3. The molecule has 2 rings (SSSR count). The van der Waals surface area contributed by atoms with Crippen LogP contribution < -0.4 is 4.72 Å². The van der Waals surface area contributed by atoms with E-state index in [2.05, 4.69) is 11.6 Å². The van der Waals surface area contributed by atoms with Gasteiger partial charge in [-0.25, -0.2) is 13.1 Å². The van der Waals surface area contributed by atoms with E-state index in [0.29, 0.717) is 16.4 Å². The van der Waals surface area contributed by atoms with E-state index in [9.17, 15) is 8.42 Å². The van der Waals surface area contributed by atoms with E-state index < -0.39 is 10.0 Å². The molecule has 0 amide bonds. The van der Waals surface area contributed by atoms with Crippen LogP contribution in [0, 0.1) is 11.3 Å². The molecule has 1 aromatic rings. The summed E-state index contributed by atoms with van der Waals surface area (Å²) in [5.74, 6) is 0.983. The van der Waals surface area contributed by atoms with Gasteiger partial charge >= 0.3 is 0 Å². The second-order valence-electron chi connectivity index (χ2n) is 5.22. The molecule has 0 heterocycles. The van der Waals surface area contributed by atoms with Gasteiger partial charge in [0.25, 0.3) is 0 Å². The van der Waals surface area contributed by atoms with Crippen molar-refractivity contribution in [3.63, 3.8) is 0 Å². The SMILES string of the molecule is CCSC1CCCC1NS(=O)(=O)Cc1ccc(C#N)cc1. The quantitative estimate of drug-likeness (QED) is 0.873. The lowest BCUT2D eigenvalue weighted by molar-refractivity contribution is 0.554. The Morgan fingerprint density at radius 1 is 1.33 bits per heavy atom. The molecule has 4 nitrogen and oxygen atoms in total. The molecule has 1 aliphatic carbocycles. The summed E-state index contributed by atoms with van der Waals surface area (Å²) in [7, 11) is -3.34. The normalized spacial score (nSPS) is 22.1. The summed E-state index contributed by atoms with van der Waals surface area (Å²) in [6.07, 6.45) is 3.09. The number of thioether (sulfide) groups is 1. The molecular formula is C15H20N2O2S2. The maximum Gasteiger partial charge on any atom is 0.216 e. The van der Waals surface area contributed by atoms with Crippen molar-refractivity contribution < 1.29 is 8.42 Å². The first-order valence-corrected chi connectivity index (χ1v) is 9.85. The highest BCUT2D eigenvalue weighted by molar-refractivity contribution is 8.00. The van der Waals surface area contributed by atoms with E-state index in [1.165, 1.54) is 0 Å². The Morgan fingerprint density at radius 2 is 2.05 bits per heavy atom. The molecule has 2 unspecified atom stereocenters. The third-order valence-electron chi connectivity index (χ3n) is 3.60. The van der Waals surface area contributed by atoms with Crippen LogP contribution in [0.2, 0.25) is 0 Å². The minimum Gasteiger partial charge on any atom is -0.212 e. The Balaban J connectivity index is 1.99. The number of nitrogens with zero attached hydrogens (tertiary/aromatic N) is 1.